The van der Waals surface area contributed by atoms with Crippen molar-refractivity contribution in [2.75, 3.05) is 29.5 Å². The van der Waals surface area contributed by atoms with Gasteiger partial charge in [-0.15, -0.1) is 0 Å². The number of nitrogens with one attached hydrogen (secondary N) is 3. The third kappa shape index (κ3) is 5.91. The van der Waals surface area contributed by atoms with Crippen molar-refractivity contribution in [3.05, 3.63) is 54.4 Å². The van der Waals surface area contributed by atoms with E-state index in [0.717, 1.165) is 9.80 Å². The molecule has 2 atom stereocenters. The van der Waals surface area contributed by atoms with Crippen molar-refractivity contribution >= 4 is 58.3 Å². The quantitative estimate of drug-likeness (QED) is 0.217. The number of H-pyrrole nitrogens is 1. The fourth-order valence-electron chi connectivity index (χ4n) is 4.21. The van der Waals surface area contributed by atoms with Crippen LogP contribution >= 0.6 is 0 Å². The normalized spacial score (nSPS) is 15.7. The van der Waals surface area contributed by atoms with Crippen LogP contribution in [-0.4, -0.2) is 87.8 Å². The van der Waals surface area contributed by atoms with Gasteiger partial charge in [0.1, 0.15) is 25.5 Å². The molecule has 5 N–H and O–H groups in total. The number of aldehydes is 1. The van der Waals surface area contributed by atoms with Gasteiger partial charge in [0.2, 0.25) is 5.91 Å². The van der Waals surface area contributed by atoms with Crippen LogP contribution in [-0.2, 0) is 24.0 Å². The first-order valence-electron chi connectivity index (χ1n) is 11.7. The minimum absolute atomic E-state index is 0.135. The third-order valence-corrected chi connectivity index (χ3v) is 6.02. The molecule has 3 aromatic rings. The number of benzene rings is 2. The second-order valence-corrected chi connectivity index (χ2v) is 8.64. The van der Waals surface area contributed by atoms with Crippen molar-refractivity contribution in [2.45, 2.75) is 18.5 Å². The van der Waals surface area contributed by atoms with Crippen LogP contribution in [0.5, 0.6) is 0 Å². The maximum Gasteiger partial charge on any atom is 0.305 e. The molecule has 14 heteroatoms. The number of fused-ring (bicyclic) bond motifs is 2. The smallest absolute Gasteiger partial charge is 0.305 e. The molecule has 0 saturated heterocycles. The number of nitrogens with zero attached hydrogens (tertiary/aromatic N) is 3. The summed E-state index contributed by atoms with van der Waals surface area (Å²) in [6, 6.07) is 8.14. The average Bonchev–Trinajstić information content (AvgIpc) is 3.36. The number of aliphatic hydroxyl groups excluding tert-OH is 1. The Morgan fingerprint density at radius 2 is 1.90 bits per heavy atom. The molecule has 0 aliphatic carbocycles. The van der Waals surface area contributed by atoms with Gasteiger partial charge >= 0.3 is 5.97 Å². The van der Waals surface area contributed by atoms with Gasteiger partial charge in [0, 0.05) is 5.56 Å². The molecule has 39 heavy (non-hydrogen) atoms. The topological polar surface area (TPSA) is 202 Å². The number of amides is 4. The van der Waals surface area contributed by atoms with E-state index in [2.05, 4.69) is 20.6 Å². The second-order valence-electron chi connectivity index (χ2n) is 8.64. The Morgan fingerprint density at radius 3 is 2.59 bits per heavy atom. The number of aromatic amines is 1. The molecule has 0 saturated carbocycles. The van der Waals surface area contributed by atoms with Crippen molar-refractivity contribution in [3.63, 3.8) is 0 Å². The van der Waals surface area contributed by atoms with Gasteiger partial charge in [-0.1, -0.05) is 12.1 Å². The summed E-state index contributed by atoms with van der Waals surface area (Å²) in [7, 11) is 0. The fourth-order valence-corrected chi connectivity index (χ4v) is 4.21. The van der Waals surface area contributed by atoms with Gasteiger partial charge in [-0.25, -0.2) is 4.98 Å². The zero-order valence-electron chi connectivity index (χ0n) is 20.4. The average molecular weight is 537 g/mol. The number of aliphatic carboxylic acids is 1. The van der Waals surface area contributed by atoms with Crippen LogP contribution in [0, 0.1) is 0 Å². The van der Waals surface area contributed by atoms with E-state index in [1.165, 1.54) is 30.6 Å². The number of carbonyl (C=O) groups is 6. The fraction of sp³-hybridized carbons (Fsp3) is 0.240. The van der Waals surface area contributed by atoms with Crippen LogP contribution in [0.15, 0.2) is 48.8 Å². The lowest BCUT2D eigenvalue weighted by Crippen LogP contribution is -2.55. The molecule has 1 aliphatic rings. The lowest BCUT2D eigenvalue weighted by molar-refractivity contribution is -0.139. The first kappa shape index (κ1) is 26.9. The van der Waals surface area contributed by atoms with Gasteiger partial charge in [-0.05, 0) is 30.3 Å². The van der Waals surface area contributed by atoms with Crippen molar-refractivity contribution in [2.24, 2.45) is 0 Å². The van der Waals surface area contributed by atoms with Crippen molar-refractivity contribution < 1.29 is 39.0 Å². The number of aliphatic hydroxyl groups is 1. The summed E-state index contributed by atoms with van der Waals surface area (Å²) in [5.74, 6) is -4.28. The highest BCUT2D eigenvalue weighted by Gasteiger charge is 2.37. The van der Waals surface area contributed by atoms with Crippen LogP contribution < -0.4 is 20.4 Å². The number of para-hydroxylation sites is 2. The minimum atomic E-state index is -1.34. The number of hydrogen-bond donors (Lipinski definition) is 5. The Morgan fingerprint density at radius 1 is 1.15 bits per heavy atom. The van der Waals surface area contributed by atoms with Crippen LogP contribution in [0.1, 0.15) is 16.8 Å². The third-order valence-electron chi connectivity index (χ3n) is 6.02. The van der Waals surface area contributed by atoms with E-state index in [9.17, 15) is 33.9 Å². The molecular weight excluding hydrogens is 512 g/mol. The predicted molar refractivity (Wildman–Crippen MR) is 136 cm³/mol. The second kappa shape index (κ2) is 11.5. The molecule has 0 bridgehead atoms. The molecule has 0 fully saturated rings. The van der Waals surface area contributed by atoms with Crippen molar-refractivity contribution in [1.82, 2.24) is 20.6 Å². The van der Waals surface area contributed by atoms with E-state index in [0.29, 0.717) is 11.0 Å². The van der Waals surface area contributed by atoms with Crippen LogP contribution in [0.25, 0.3) is 11.0 Å². The van der Waals surface area contributed by atoms with E-state index >= 15 is 0 Å². The first-order valence-corrected chi connectivity index (χ1v) is 11.7. The summed E-state index contributed by atoms with van der Waals surface area (Å²) in [6.07, 6.45) is 1.08. The highest BCUT2D eigenvalue weighted by Crippen LogP contribution is 2.33. The van der Waals surface area contributed by atoms with E-state index in [-0.39, 0.29) is 29.8 Å². The predicted octanol–water partition coefficient (Wildman–Crippen LogP) is -0.808. The number of carbonyl (C=O) groups excluding carboxylic acids is 5. The van der Waals surface area contributed by atoms with Gasteiger partial charge in [0.25, 0.3) is 17.7 Å². The molecular formula is C25H24N6O8. The molecule has 202 valence electrons. The van der Waals surface area contributed by atoms with Crippen LogP contribution in [0.3, 0.4) is 0 Å². The number of anilines is 2. The summed E-state index contributed by atoms with van der Waals surface area (Å²) in [6.45, 7) is -1.87. The number of rotatable bonds is 9. The Balaban J connectivity index is 1.66. The molecule has 1 aromatic heterocycles. The maximum atomic E-state index is 13.7. The van der Waals surface area contributed by atoms with Gasteiger partial charge in [-0.3, -0.25) is 28.9 Å². The van der Waals surface area contributed by atoms with E-state index < -0.39 is 61.3 Å². The monoisotopic (exact) mass is 536 g/mol. The Hall–Kier alpha value is -5.11. The van der Waals surface area contributed by atoms with E-state index in [4.69, 9.17) is 5.11 Å². The molecule has 4 amide bonds. The number of hydrogen-bond acceptors (Lipinski definition) is 8. The lowest BCUT2D eigenvalue weighted by Gasteiger charge is -2.25. The van der Waals surface area contributed by atoms with Gasteiger partial charge in [0.05, 0.1) is 47.7 Å². The molecule has 0 radical (unpaired) electrons. The molecule has 14 nitrogen and oxygen atoms in total. The number of carboxylic acid groups (broad SMARTS) is 1. The molecule has 2 aromatic carbocycles. The van der Waals surface area contributed by atoms with Gasteiger partial charge in [0.15, 0.2) is 0 Å². The number of carboxylic acids is 1. The molecule has 1 aliphatic heterocycles. The molecule has 1 unspecified atom stereocenters. The maximum absolute atomic E-state index is 13.7. The summed E-state index contributed by atoms with van der Waals surface area (Å²) in [5, 5.41) is 23.4. The molecule has 0 spiro atoms. The Kier molecular flexibility index (Phi) is 7.96. The zero-order valence-corrected chi connectivity index (χ0v) is 20.4. The summed E-state index contributed by atoms with van der Waals surface area (Å²) in [5.41, 5.74) is 1.75. The highest BCUT2D eigenvalue weighted by molar-refractivity contribution is 6.11. The van der Waals surface area contributed by atoms with E-state index in [1.807, 2.05) is 0 Å². The summed E-state index contributed by atoms with van der Waals surface area (Å²) in [4.78, 5) is 83.6. The van der Waals surface area contributed by atoms with Crippen LogP contribution in [0.4, 0.5) is 11.4 Å². The van der Waals surface area contributed by atoms with E-state index in [1.54, 1.807) is 18.2 Å². The highest BCUT2D eigenvalue weighted by atomic mass is 16.4. The van der Waals surface area contributed by atoms with Crippen molar-refractivity contribution in [1.29, 1.82) is 0 Å². The lowest BCUT2D eigenvalue weighted by atomic mass is 10.1. The Labute approximate surface area is 220 Å². The van der Waals surface area contributed by atoms with Gasteiger partial charge in [-0.2, -0.15) is 0 Å². The SMILES string of the molecule is O=CC(CC(=O)O)NC(=O)CN1C(=O)[C@@H](NC(=O)c2ccc3nc[nH]c3c2)CN(C(=O)CO)c2ccccc21. The largest absolute Gasteiger partial charge is 0.481 e. The summed E-state index contributed by atoms with van der Waals surface area (Å²) < 4.78 is 0. The Bertz CT molecular complexity index is 1450. The minimum Gasteiger partial charge on any atom is -0.481 e. The standard InChI is InChI=1S/C25H24N6O8/c32-11-15(8-23(36)37)28-21(34)10-31-20-4-2-1-3-19(20)30(22(35)12-33)9-18(25(31)39)29-24(38)14-5-6-16-17(7-14)27-13-26-16/h1-7,11,13,15,18,33H,8-10,12H2,(H,26,27)(H,28,34)(H,29,38)(H,36,37)/t15?,18-/m0/s1. The van der Waals surface area contributed by atoms with Crippen molar-refractivity contribution in [3.8, 4) is 0 Å². The molecule has 4 rings (SSSR count). The summed E-state index contributed by atoms with van der Waals surface area (Å²) >= 11 is 0. The number of imidazole rings is 1. The van der Waals surface area contributed by atoms with Crippen LogP contribution in [0.2, 0.25) is 0 Å². The zero-order chi connectivity index (χ0) is 28.1. The molecule has 2 heterocycles. The first-order chi connectivity index (χ1) is 18.7. The van der Waals surface area contributed by atoms with Gasteiger partial charge < -0.3 is 35.5 Å². The number of aromatic nitrogens is 2.